The summed E-state index contributed by atoms with van der Waals surface area (Å²) >= 11 is 2.19. The molecule has 2 aliphatic heterocycles. The highest BCUT2D eigenvalue weighted by molar-refractivity contribution is 8.00. The predicted octanol–water partition coefficient (Wildman–Crippen LogP) is -2.60. The average molecular weight is 520 g/mol. The highest BCUT2D eigenvalue weighted by atomic mass is 32.2. The third kappa shape index (κ3) is 4.82. The fourth-order valence-electron chi connectivity index (χ4n) is 3.82. The van der Waals surface area contributed by atoms with Gasteiger partial charge < -0.3 is 30.9 Å². The maximum absolute atomic E-state index is 12.9. The number of β-lactam (4-membered cyclic amide) rings is 1. The number of aliphatic hydroxyl groups is 1. The largest absolute Gasteiger partial charge is 0.543 e. The molecule has 1 saturated heterocycles. The lowest BCUT2D eigenvalue weighted by Gasteiger charge is -2.50. The Morgan fingerprint density at radius 3 is 2.91 bits per heavy atom. The molecule has 2 atom stereocenters. The van der Waals surface area contributed by atoms with E-state index in [2.05, 4.69) is 19.8 Å². The Morgan fingerprint density at radius 2 is 2.26 bits per heavy atom. The zero-order valence-corrected chi connectivity index (χ0v) is 20.0. The van der Waals surface area contributed by atoms with E-state index in [1.54, 1.807) is 12.3 Å². The van der Waals surface area contributed by atoms with E-state index in [-0.39, 0.29) is 35.5 Å². The quantitative estimate of drug-likeness (QED) is 0.137. The van der Waals surface area contributed by atoms with Crippen LogP contribution < -0.4 is 20.7 Å². The van der Waals surface area contributed by atoms with Crippen molar-refractivity contribution in [2.75, 3.05) is 25.2 Å². The normalized spacial score (nSPS) is 19.8. The molecule has 0 aliphatic carbocycles. The lowest BCUT2D eigenvalue weighted by molar-refractivity contribution is -0.696. The first-order valence-electron chi connectivity index (χ1n) is 10.3. The zero-order chi connectivity index (χ0) is 25.1. The number of nitrogens with two attached hydrogens (primary N) is 1. The fourth-order valence-corrected chi connectivity index (χ4v) is 5.59. The van der Waals surface area contributed by atoms with Gasteiger partial charge in [0.25, 0.3) is 11.8 Å². The summed E-state index contributed by atoms with van der Waals surface area (Å²) in [7, 11) is 1.24. The summed E-state index contributed by atoms with van der Waals surface area (Å²) in [6.07, 6.45) is 2.17. The number of pyridine rings is 1. The van der Waals surface area contributed by atoms with Gasteiger partial charge in [-0.2, -0.15) is 13.9 Å². The highest BCUT2D eigenvalue weighted by Gasteiger charge is 2.53. The molecule has 1 fully saturated rings. The molecule has 2 aliphatic rings. The number of hydrogen-bond donors (Lipinski definition) is 3. The summed E-state index contributed by atoms with van der Waals surface area (Å²) in [5.41, 5.74) is 6.40. The van der Waals surface area contributed by atoms with Gasteiger partial charge in [0.05, 0.1) is 24.7 Å². The van der Waals surface area contributed by atoms with Gasteiger partial charge in [-0.25, -0.2) is 0 Å². The number of rotatable bonds is 9. The van der Waals surface area contributed by atoms with Crippen LogP contribution in [0.3, 0.4) is 0 Å². The van der Waals surface area contributed by atoms with Crippen molar-refractivity contribution in [2.24, 2.45) is 5.16 Å². The highest BCUT2D eigenvalue weighted by Crippen LogP contribution is 2.40. The number of aliphatic hydroxyl groups excluding tert-OH is 1. The minimum absolute atomic E-state index is 0.0528. The van der Waals surface area contributed by atoms with Crippen molar-refractivity contribution in [3.8, 4) is 0 Å². The number of hydrogen-bond acceptors (Lipinski definition) is 12. The predicted molar refractivity (Wildman–Crippen MR) is 122 cm³/mol. The van der Waals surface area contributed by atoms with Crippen molar-refractivity contribution in [1.29, 1.82) is 0 Å². The van der Waals surface area contributed by atoms with E-state index in [0.29, 0.717) is 17.7 Å². The number of carbonyl (C=O) groups excluding carboxylic acids is 3. The number of fused-ring (bicyclic) bond motifs is 1. The molecule has 2 aromatic rings. The Labute approximate surface area is 207 Å². The van der Waals surface area contributed by atoms with Gasteiger partial charge in [-0.1, -0.05) is 11.2 Å². The first kappa shape index (κ1) is 24.6. The van der Waals surface area contributed by atoms with Crippen molar-refractivity contribution in [3.05, 3.63) is 47.2 Å². The Hall–Kier alpha value is -3.56. The smallest absolute Gasteiger partial charge is 0.278 e. The van der Waals surface area contributed by atoms with Crippen molar-refractivity contribution in [1.82, 2.24) is 19.6 Å². The minimum Gasteiger partial charge on any atom is -0.543 e. The third-order valence-corrected chi connectivity index (χ3v) is 7.22. The van der Waals surface area contributed by atoms with Crippen molar-refractivity contribution < 1.29 is 34.0 Å². The van der Waals surface area contributed by atoms with Crippen molar-refractivity contribution >= 4 is 51.9 Å². The van der Waals surface area contributed by atoms with E-state index in [1.165, 1.54) is 18.9 Å². The molecule has 0 radical (unpaired) electrons. The molecule has 0 bridgehead atoms. The maximum Gasteiger partial charge on any atom is 0.278 e. The van der Waals surface area contributed by atoms with Crippen LogP contribution in [-0.4, -0.2) is 73.7 Å². The molecule has 15 heteroatoms. The Bertz CT molecular complexity index is 1230. The second kappa shape index (κ2) is 10.4. The number of amides is 2. The summed E-state index contributed by atoms with van der Waals surface area (Å²) < 4.78 is 5.75. The summed E-state index contributed by atoms with van der Waals surface area (Å²) in [6, 6.07) is 4.46. The molecule has 4 N–H and O–H groups in total. The molecular weight excluding hydrogens is 498 g/mol. The van der Waals surface area contributed by atoms with E-state index in [9.17, 15) is 24.6 Å². The first-order valence-corrected chi connectivity index (χ1v) is 12.2. The second-order valence-corrected chi connectivity index (χ2v) is 9.36. The molecule has 184 valence electrons. The van der Waals surface area contributed by atoms with Crippen LogP contribution in [0.4, 0.5) is 5.13 Å². The molecule has 2 amide bonds. The Kier molecular flexibility index (Phi) is 7.28. The van der Waals surface area contributed by atoms with Crippen molar-refractivity contribution in [3.63, 3.8) is 0 Å². The summed E-state index contributed by atoms with van der Waals surface area (Å²) in [5.74, 6) is -2.59. The summed E-state index contributed by atoms with van der Waals surface area (Å²) in [6.45, 7) is 0.151. The van der Waals surface area contributed by atoms with Gasteiger partial charge in [0.2, 0.25) is 11.5 Å². The second-order valence-electron chi connectivity index (χ2n) is 7.47. The summed E-state index contributed by atoms with van der Waals surface area (Å²) in [4.78, 5) is 47.5. The fraction of sp³-hybridized carbons (Fsp3) is 0.350. The number of aliphatic carboxylic acids is 1. The number of oxime groups is 1. The van der Waals surface area contributed by atoms with Gasteiger partial charge in [-0.15, -0.1) is 11.8 Å². The van der Waals surface area contributed by atoms with Gasteiger partial charge in [-0.3, -0.25) is 14.5 Å². The van der Waals surface area contributed by atoms with Gasteiger partial charge in [-0.05, 0) is 0 Å². The van der Waals surface area contributed by atoms with Crippen LogP contribution in [0.5, 0.6) is 0 Å². The van der Waals surface area contributed by atoms with Crippen LogP contribution in [-0.2, 0) is 32.2 Å². The molecule has 1 unspecified atom stereocenters. The number of carboxylic acids is 1. The number of thioether (sulfide) groups is 1. The van der Waals surface area contributed by atoms with E-state index in [1.807, 2.05) is 16.7 Å². The SMILES string of the molecule is CON=C(C(=O)NC1C(=O)N2C(C(=O)[O-])=C(C[n+]3ccccc3CCO)CS[C@@H]12)c1nsc(N)n1. The molecule has 2 aromatic heterocycles. The standard InChI is InChI=1S/C20H21N7O6S2/c1-33-24-12(15-23-20(21)35-25-15)16(29)22-13-17(30)27-14(19(31)32)10(9-34-18(13)27)8-26-6-3-2-4-11(26)5-7-28/h2-4,6,13,18,28H,5,7-9H2,1H3,(H3-,21,22,23,25,29,31,32)/t13?,18-/m0/s1. The zero-order valence-electron chi connectivity index (χ0n) is 18.4. The molecule has 0 aromatic carbocycles. The van der Waals surface area contributed by atoms with Gasteiger partial charge in [0.1, 0.15) is 18.5 Å². The van der Waals surface area contributed by atoms with Crippen LogP contribution in [0.2, 0.25) is 0 Å². The van der Waals surface area contributed by atoms with Gasteiger partial charge in [0, 0.05) is 35.0 Å². The molecular formula is C20H21N7O6S2. The molecule has 13 nitrogen and oxygen atoms in total. The molecule has 4 rings (SSSR count). The number of nitrogen functional groups attached to an aromatic ring is 1. The van der Waals surface area contributed by atoms with E-state index in [0.717, 1.165) is 22.1 Å². The molecule has 4 heterocycles. The van der Waals surface area contributed by atoms with Crippen LogP contribution in [0.1, 0.15) is 11.5 Å². The van der Waals surface area contributed by atoms with Crippen LogP contribution >= 0.6 is 23.3 Å². The number of carbonyl (C=O) groups is 3. The van der Waals surface area contributed by atoms with Gasteiger partial charge in [0.15, 0.2) is 23.6 Å². The number of aromatic nitrogens is 3. The lowest BCUT2D eigenvalue weighted by Crippen LogP contribution is -2.71. The van der Waals surface area contributed by atoms with Crippen molar-refractivity contribution in [2.45, 2.75) is 24.4 Å². The molecule has 35 heavy (non-hydrogen) atoms. The number of nitrogens with one attached hydrogen (secondary N) is 1. The van der Waals surface area contributed by atoms with Crippen LogP contribution in [0.15, 0.2) is 40.8 Å². The first-order chi connectivity index (χ1) is 16.8. The van der Waals surface area contributed by atoms with Crippen LogP contribution in [0.25, 0.3) is 0 Å². The summed E-state index contributed by atoms with van der Waals surface area (Å²) in [5, 5.41) is 27.0. The number of anilines is 1. The van der Waals surface area contributed by atoms with E-state index >= 15 is 0 Å². The lowest BCUT2D eigenvalue weighted by atomic mass is 10.0. The van der Waals surface area contributed by atoms with E-state index in [4.69, 9.17) is 10.6 Å². The number of carboxylic acid groups (broad SMARTS) is 1. The average Bonchev–Trinajstić information content (AvgIpc) is 3.27. The molecule has 0 saturated carbocycles. The number of nitrogens with zero attached hydrogens (tertiary/aromatic N) is 5. The Balaban J connectivity index is 1.54. The topological polar surface area (TPSA) is 187 Å². The van der Waals surface area contributed by atoms with E-state index < -0.39 is 29.2 Å². The maximum atomic E-state index is 12.9. The molecule has 0 spiro atoms. The third-order valence-electron chi connectivity index (χ3n) is 5.34. The minimum atomic E-state index is -1.48. The monoisotopic (exact) mass is 519 g/mol. The Morgan fingerprint density at radius 1 is 1.46 bits per heavy atom. The van der Waals surface area contributed by atoms with Crippen LogP contribution in [0, 0.1) is 0 Å². The van der Waals surface area contributed by atoms with Gasteiger partial charge >= 0.3 is 0 Å².